The Hall–Kier alpha value is -1.90. The summed E-state index contributed by atoms with van der Waals surface area (Å²) >= 11 is 3.31. The minimum Gasteiger partial charge on any atom is -0.481 e. The Balaban J connectivity index is 1.63. The number of thiazole rings is 1. The molecule has 26 heavy (non-hydrogen) atoms. The van der Waals surface area contributed by atoms with E-state index in [2.05, 4.69) is 10.4 Å². The molecular weight excluding hydrogens is 372 g/mol. The van der Waals surface area contributed by atoms with Crippen LogP contribution in [0.1, 0.15) is 27.5 Å². The SMILES string of the molecule is Cc1nc(CSc2ccc(C(=O)N3CCOCC3CC(=O)O)cc2)cs1. The molecule has 2 aromatic rings. The van der Waals surface area contributed by atoms with Crippen LogP contribution in [0.15, 0.2) is 34.5 Å². The number of carbonyl (C=O) groups excluding carboxylic acids is 1. The normalized spacial score (nSPS) is 17.3. The van der Waals surface area contributed by atoms with Crippen LogP contribution in [0.2, 0.25) is 0 Å². The van der Waals surface area contributed by atoms with Crippen molar-refractivity contribution < 1.29 is 19.4 Å². The molecule has 1 aliphatic heterocycles. The minimum atomic E-state index is -0.928. The molecule has 3 rings (SSSR count). The molecule has 1 fully saturated rings. The lowest BCUT2D eigenvalue weighted by molar-refractivity contribution is -0.139. The number of hydrogen-bond acceptors (Lipinski definition) is 6. The summed E-state index contributed by atoms with van der Waals surface area (Å²) in [4.78, 5) is 30.9. The Morgan fingerprint density at radius 1 is 1.38 bits per heavy atom. The van der Waals surface area contributed by atoms with Gasteiger partial charge in [0.1, 0.15) is 0 Å². The summed E-state index contributed by atoms with van der Waals surface area (Å²) in [5, 5.41) is 12.1. The van der Waals surface area contributed by atoms with Gasteiger partial charge in [0.05, 0.1) is 36.4 Å². The fraction of sp³-hybridized carbons (Fsp3) is 0.389. The molecular formula is C18H20N2O4S2. The van der Waals surface area contributed by atoms with Crippen LogP contribution in [0, 0.1) is 6.92 Å². The van der Waals surface area contributed by atoms with E-state index < -0.39 is 12.0 Å². The number of hydrogen-bond donors (Lipinski definition) is 1. The van der Waals surface area contributed by atoms with Gasteiger partial charge in [-0.2, -0.15) is 0 Å². The van der Waals surface area contributed by atoms with Gasteiger partial charge < -0.3 is 14.7 Å². The third kappa shape index (κ3) is 4.84. The van der Waals surface area contributed by atoms with E-state index >= 15 is 0 Å². The molecule has 0 aliphatic carbocycles. The second-order valence-electron chi connectivity index (χ2n) is 6.00. The Labute approximate surface area is 160 Å². The number of carboxylic acids is 1. The van der Waals surface area contributed by atoms with E-state index in [1.807, 2.05) is 19.1 Å². The van der Waals surface area contributed by atoms with Crippen molar-refractivity contribution in [2.75, 3.05) is 19.8 Å². The first-order valence-corrected chi connectivity index (χ1v) is 10.1. The summed E-state index contributed by atoms with van der Waals surface area (Å²) in [5.41, 5.74) is 1.62. The van der Waals surface area contributed by atoms with E-state index in [9.17, 15) is 9.59 Å². The van der Waals surface area contributed by atoms with E-state index in [0.717, 1.165) is 21.3 Å². The van der Waals surface area contributed by atoms with Crippen molar-refractivity contribution in [1.82, 2.24) is 9.88 Å². The molecule has 0 radical (unpaired) electrons. The lowest BCUT2D eigenvalue weighted by atomic mass is 10.1. The zero-order valence-electron chi connectivity index (χ0n) is 14.4. The molecule has 1 amide bonds. The Bertz CT molecular complexity index is 776. The summed E-state index contributed by atoms with van der Waals surface area (Å²) in [5.74, 6) is -0.282. The zero-order valence-corrected chi connectivity index (χ0v) is 16.0. The number of thioether (sulfide) groups is 1. The van der Waals surface area contributed by atoms with Crippen LogP contribution in [0.5, 0.6) is 0 Å². The second-order valence-corrected chi connectivity index (χ2v) is 8.11. The molecule has 0 saturated carbocycles. The smallest absolute Gasteiger partial charge is 0.305 e. The fourth-order valence-electron chi connectivity index (χ4n) is 2.78. The molecule has 0 spiro atoms. The van der Waals surface area contributed by atoms with Gasteiger partial charge in [0, 0.05) is 28.1 Å². The van der Waals surface area contributed by atoms with E-state index in [0.29, 0.717) is 18.7 Å². The number of morpholine rings is 1. The monoisotopic (exact) mass is 392 g/mol. The number of aromatic nitrogens is 1. The number of ether oxygens (including phenoxy) is 1. The number of benzene rings is 1. The molecule has 138 valence electrons. The Morgan fingerprint density at radius 2 is 2.15 bits per heavy atom. The number of amides is 1. The number of carbonyl (C=O) groups is 2. The van der Waals surface area contributed by atoms with E-state index in [1.54, 1.807) is 40.1 Å². The average molecular weight is 393 g/mol. The summed E-state index contributed by atoms with van der Waals surface area (Å²) in [7, 11) is 0. The molecule has 1 aliphatic rings. The first kappa shape index (κ1) is 18.9. The summed E-state index contributed by atoms with van der Waals surface area (Å²) in [6.07, 6.45) is -0.104. The number of aliphatic carboxylic acids is 1. The highest BCUT2D eigenvalue weighted by molar-refractivity contribution is 7.98. The summed E-state index contributed by atoms with van der Waals surface area (Å²) in [6.45, 7) is 3.10. The van der Waals surface area contributed by atoms with Gasteiger partial charge in [-0.15, -0.1) is 23.1 Å². The predicted molar refractivity (Wildman–Crippen MR) is 101 cm³/mol. The van der Waals surface area contributed by atoms with Crippen LogP contribution < -0.4 is 0 Å². The van der Waals surface area contributed by atoms with Crippen molar-refractivity contribution in [3.8, 4) is 0 Å². The highest BCUT2D eigenvalue weighted by atomic mass is 32.2. The molecule has 8 heteroatoms. The van der Waals surface area contributed by atoms with Crippen molar-refractivity contribution in [2.24, 2.45) is 0 Å². The molecule has 0 bridgehead atoms. The highest BCUT2D eigenvalue weighted by Gasteiger charge is 2.29. The maximum atomic E-state index is 12.7. The van der Waals surface area contributed by atoms with Crippen molar-refractivity contribution in [3.05, 3.63) is 45.9 Å². The van der Waals surface area contributed by atoms with Crippen molar-refractivity contribution >= 4 is 35.0 Å². The zero-order chi connectivity index (χ0) is 18.5. The molecule has 1 atom stereocenters. The predicted octanol–water partition coefficient (Wildman–Crippen LogP) is 3.06. The lowest BCUT2D eigenvalue weighted by Crippen LogP contribution is -2.49. The molecule has 1 saturated heterocycles. The van der Waals surface area contributed by atoms with Crippen LogP contribution in [-0.2, 0) is 15.3 Å². The molecule has 1 unspecified atom stereocenters. The van der Waals surface area contributed by atoms with Crippen molar-refractivity contribution in [2.45, 2.75) is 30.0 Å². The number of nitrogens with zero attached hydrogens (tertiary/aromatic N) is 2. The number of carboxylic acid groups (broad SMARTS) is 1. The van der Waals surface area contributed by atoms with Gasteiger partial charge in [0.25, 0.3) is 5.91 Å². The largest absolute Gasteiger partial charge is 0.481 e. The highest BCUT2D eigenvalue weighted by Crippen LogP contribution is 2.24. The van der Waals surface area contributed by atoms with Gasteiger partial charge in [0.2, 0.25) is 0 Å². The van der Waals surface area contributed by atoms with Gasteiger partial charge in [-0.05, 0) is 31.2 Å². The Morgan fingerprint density at radius 3 is 2.81 bits per heavy atom. The number of rotatable bonds is 6. The quantitative estimate of drug-likeness (QED) is 0.761. The third-order valence-electron chi connectivity index (χ3n) is 4.05. The van der Waals surface area contributed by atoms with Gasteiger partial charge in [-0.25, -0.2) is 4.98 Å². The molecule has 2 heterocycles. The summed E-state index contributed by atoms with van der Waals surface area (Å²) < 4.78 is 5.33. The molecule has 1 aromatic carbocycles. The average Bonchev–Trinajstić information content (AvgIpc) is 3.05. The minimum absolute atomic E-state index is 0.104. The molecule has 6 nitrogen and oxygen atoms in total. The topological polar surface area (TPSA) is 79.7 Å². The van der Waals surface area contributed by atoms with Crippen LogP contribution in [0.4, 0.5) is 0 Å². The maximum Gasteiger partial charge on any atom is 0.305 e. The molecule has 1 aromatic heterocycles. The number of aryl methyl sites for hydroxylation is 1. The van der Waals surface area contributed by atoms with Gasteiger partial charge >= 0.3 is 5.97 Å². The van der Waals surface area contributed by atoms with Gasteiger partial charge in [-0.1, -0.05) is 0 Å². The first-order chi connectivity index (χ1) is 12.5. The van der Waals surface area contributed by atoms with E-state index in [1.165, 1.54) is 0 Å². The fourth-order valence-corrected chi connectivity index (χ4v) is 4.29. The van der Waals surface area contributed by atoms with Crippen LogP contribution in [0.3, 0.4) is 0 Å². The van der Waals surface area contributed by atoms with Crippen LogP contribution in [-0.4, -0.2) is 52.7 Å². The van der Waals surface area contributed by atoms with Gasteiger partial charge in [0.15, 0.2) is 0 Å². The van der Waals surface area contributed by atoms with E-state index in [-0.39, 0.29) is 18.9 Å². The van der Waals surface area contributed by atoms with Gasteiger partial charge in [-0.3, -0.25) is 9.59 Å². The van der Waals surface area contributed by atoms with Crippen molar-refractivity contribution in [1.29, 1.82) is 0 Å². The van der Waals surface area contributed by atoms with Crippen LogP contribution in [0.25, 0.3) is 0 Å². The standard InChI is InChI=1S/C18H20N2O4S2/c1-12-19-14(10-25-12)11-26-16-4-2-13(3-5-16)18(23)20-6-7-24-9-15(20)8-17(21)22/h2-5,10,15H,6-9,11H2,1H3,(H,21,22). The second kappa shape index (κ2) is 8.66. The molecule has 1 N–H and O–H groups in total. The van der Waals surface area contributed by atoms with Crippen LogP contribution >= 0.6 is 23.1 Å². The van der Waals surface area contributed by atoms with Crippen molar-refractivity contribution in [3.63, 3.8) is 0 Å². The third-order valence-corrected chi connectivity index (χ3v) is 5.92. The van der Waals surface area contributed by atoms with E-state index in [4.69, 9.17) is 9.84 Å². The Kier molecular flexibility index (Phi) is 6.29. The lowest BCUT2D eigenvalue weighted by Gasteiger charge is -2.34. The summed E-state index contributed by atoms with van der Waals surface area (Å²) in [6, 6.07) is 7.01. The first-order valence-electron chi connectivity index (χ1n) is 8.27. The maximum absolute atomic E-state index is 12.7.